The third kappa shape index (κ3) is 1.97. The number of allylic oxidation sites excluding steroid dienone is 4. The molecule has 5 aliphatic heterocycles. The molecule has 0 amide bonds. The monoisotopic (exact) mass is 510 g/mol. The van der Waals surface area contributed by atoms with Gasteiger partial charge >= 0.3 is 11.9 Å². The van der Waals surface area contributed by atoms with Gasteiger partial charge in [0.15, 0.2) is 28.4 Å². The van der Waals surface area contributed by atoms with Gasteiger partial charge in [-0.1, -0.05) is 24.6 Å². The Kier molecular flexibility index (Phi) is 3.73. The van der Waals surface area contributed by atoms with E-state index in [-0.39, 0.29) is 24.6 Å². The van der Waals surface area contributed by atoms with Gasteiger partial charge in [-0.15, -0.1) is 0 Å². The molecule has 0 aromatic heterocycles. The molecule has 196 valence electrons. The lowest BCUT2D eigenvalue weighted by molar-refractivity contribution is -0.374. The molecule has 0 aromatic rings. The summed E-state index contributed by atoms with van der Waals surface area (Å²) >= 11 is 0. The van der Waals surface area contributed by atoms with Crippen LogP contribution in [-0.4, -0.2) is 63.9 Å². The molecule has 5 heterocycles. The number of carbonyl (C=O) groups excluding carboxylic acids is 4. The molecule has 37 heavy (non-hydrogen) atoms. The molecule has 8 aliphatic rings. The van der Waals surface area contributed by atoms with Gasteiger partial charge in [0.25, 0.3) is 0 Å². The van der Waals surface area contributed by atoms with E-state index in [9.17, 15) is 24.3 Å². The number of aliphatic hydroxyl groups is 1. The first kappa shape index (κ1) is 22.6. The highest BCUT2D eigenvalue weighted by Gasteiger charge is 2.93. The number of ketones is 2. The predicted molar refractivity (Wildman–Crippen MR) is 122 cm³/mol. The second-order valence-corrected chi connectivity index (χ2v) is 13.0. The van der Waals surface area contributed by atoms with Crippen LogP contribution in [0.2, 0.25) is 0 Å². The first-order valence-electron chi connectivity index (χ1n) is 13.4. The molecule has 11 atom stereocenters. The number of hydrogen-bond acceptors (Lipinski definition) is 9. The Balaban J connectivity index is 1.43. The molecule has 0 aromatic carbocycles. The van der Waals surface area contributed by atoms with Crippen molar-refractivity contribution in [2.75, 3.05) is 6.61 Å². The minimum Gasteiger partial charge on any atom is -0.458 e. The number of rotatable bonds is 0. The molecule has 6 fully saturated rings. The maximum absolute atomic E-state index is 14.8. The second-order valence-electron chi connectivity index (χ2n) is 13.0. The van der Waals surface area contributed by atoms with E-state index in [0.717, 1.165) is 5.57 Å². The van der Waals surface area contributed by atoms with E-state index in [2.05, 4.69) is 0 Å². The molecule has 1 saturated carbocycles. The van der Waals surface area contributed by atoms with Crippen LogP contribution in [0.3, 0.4) is 0 Å². The smallest absolute Gasteiger partial charge is 0.342 e. The SMILES string of the molecule is C[C@]12C(=O)C=CCC1=CC[C@@H]1[C@@H]2CCC2(O)C(=O)O[C@@]3(C)[C@H]4C[C@]5(C)[C@@H](COC16O[C@]23[C@H]5C6=O)C(=O)O4. The Labute approximate surface area is 213 Å². The quantitative estimate of drug-likeness (QED) is 0.382. The van der Waals surface area contributed by atoms with E-state index < -0.39 is 75.1 Å². The minimum atomic E-state index is -2.17. The molecule has 5 bridgehead atoms. The van der Waals surface area contributed by atoms with Crippen LogP contribution in [0.5, 0.6) is 0 Å². The maximum Gasteiger partial charge on any atom is 0.342 e. The molecular weight excluding hydrogens is 480 g/mol. The largest absolute Gasteiger partial charge is 0.458 e. The van der Waals surface area contributed by atoms with E-state index >= 15 is 0 Å². The average Bonchev–Trinajstić information content (AvgIpc) is 3.16. The zero-order chi connectivity index (χ0) is 26.0. The zero-order valence-electron chi connectivity index (χ0n) is 21.1. The van der Waals surface area contributed by atoms with Gasteiger partial charge in [-0.25, -0.2) is 4.79 Å². The van der Waals surface area contributed by atoms with Crippen LogP contribution in [-0.2, 0) is 38.1 Å². The molecule has 8 rings (SSSR count). The second kappa shape index (κ2) is 6.10. The van der Waals surface area contributed by atoms with Crippen LogP contribution < -0.4 is 0 Å². The number of Topliss-reactive ketones (excluding diaryl/α,β-unsaturated/α-hetero) is 1. The van der Waals surface area contributed by atoms with Crippen molar-refractivity contribution < 1.29 is 43.2 Å². The van der Waals surface area contributed by atoms with Gasteiger partial charge in [0.2, 0.25) is 5.79 Å². The fourth-order valence-electron chi connectivity index (χ4n) is 10.0. The van der Waals surface area contributed by atoms with E-state index in [4.69, 9.17) is 18.9 Å². The van der Waals surface area contributed by atoms with Crippen LogP contribution >= 0.6 is 0 Å². The van der Waals surface area contributed by atoms with Crippen molar-refractivity contribution in [3.8, 4) is 0 Å². The van der Waals surface area contributed by atoms with Crippen molar-refractivity contribution in [2.24, 2.45) is 34.5 Å². The van der Waals surface area contributed by atoms with Gasteiger partial charge < -0.3 is 24.1 Å². The Morgan fingerprint density at radius 3 is 2.65 bits per heavy atom. The van der Waals surface area contributed by atoms with E-state index in [1.807, 2.05) is 26.0 Å². The van der Waals surface area contributed by atoms with Crippen molar-refractivity contribution in [1.82, 2.24) is 0 Å². The van der Waals surface area contributed by atoms with Crippen molar-refractivity contribution in [3.63, 3.8) is 0 Å². The van der Waals surface area contributed by atoms with Gasteiger partial charge in [-0.05, 0) is 63.4 Å². The summed E-state index contributed by atoms with van der Waals surface area (Å²) < 4.78 is 25.1. The number of ether oxygens (including phenoxy) is 4. The predicted octanol–water partition coefficient (Wildman–Crippen LogP) is 1.56. The summed E-state index contributed by atoms with van der Waals surface area (Å²) in [6.45, 7) is 5.29. The Morgan fingerprint density at radius 1 is 1.08 bits per heavy atom. The molecule has 2 spiro atoms. The average molecular weight is 511 g/mol. The minimum absolute atomic E-state index is 0.0380. The molecule has 5 saturated heterocycles. The molecule has 0 radical (unpaired) electrons. The summed E-state index contributed by atoms with van der Waals surface area (Å²) in [5, 5.41) is 12.4. The first-order valence-corrected chi connectivity index (χ1v) is 13.4. The summed E-state index contributed by atoms with van der Waals surface area (Å²) in [6, 6.07) is 0. The van der Waals surface area contributed by atoms with Crippen LogP contribution in [0.15, 0.2) is 23.8 Å². The third-order valence-corrected chi connectivity index (χ3v) is 12.0. The Morgan fingerprint density at radius 2 is 1.86 bits per heavy atom. The van der Waals surface area contributed by atoms with Crippen LogP contribution in [0.25, 0.3) is 0 Å². The van der Waals surface area contributed by atoms with Gasteiger partial charge in [0.1, 0.15) is 6.10 Å². The van der Waals surface area contributed by atoms with E-state index in [0.29, 0.717) is 25.7 Å². The van der Waals surface area contributed by atoms with Crippen molar-refractivity contribution in [1.29, 1.82) is 0 Å². The van der Waals surface area contributed by atoms with Crippen molar-refractivity contribution in [3.05, 3.63) is 23.8 Å². The van der Waals surface area contributed by atoms with Gasteiger partial charge in [-0.3, -0.25) is 14.4 Å². The van der Waals surface area contributed by atoms with Crippen LogP contribution in [0.4, 0.5) is 0 Å². The summed E-state index contributed by atoms with van der Waals surface area (Å²) in [4.78, 5) is 55.2. The lowest BCUT2D eigenvalue weighted by atomic mass is 9.46. The number of carbonyl (C=O) groups is 4. The molecule has 2 unspecified atom stereocenters. The highest BCUT2D eigenvalue weighted by molar-refractivity contribution is 6.01. The first-order chi connectivity index (χ1) is 17.4. The fourth-order valence-corrected chi connectivity index (χ4v) is 10.0. The van der Waals surface area contributed by atoms with Gasteiger partial charge in [0, 0.05) is 5.92 Å². The fraction of sp³-hybridized carbons (Fsp3) is 0.714. The summed E-state index contributed by atoms with van der Waals surface area (Å²) in [5.74, 6) is -6.36. The highest BCUT2D eigenvalue weighted by atomic mass is 16.8. The molecule has 1 N–H and O–H groups in total. The normalized spacial score (nSPS) is 58.5. The third-order valence-electron chi connectivity index (χ3n) is 12.0. The Hall–Kier alpha value is -2.36. The topological polar surface area (TPSA) is 125 Å². The van der Waals surface area contributed by atoms with Crippen LogP contribution in [0.1, 0.15) is 52.9 Å². The molecule has 9 heteroatoms. The summed E-state index contributed by atoms with van der Waals surface area (Å²) in [5.41, 5.74) is -6.43. The summed E-state index contributed by atoms with van der Waals surface area (Å²) in [6.07, 6.45) is 6.24. The van der Waals surface area contributed by atoms with Crippen molar-refractivity contribution >= 4 is 23.5 Å². The van der Waals surface area contributed by atoms with Crippen molar-refractivity contribution in [2.45, 2.75) is 81.6 Å². The highest BCUT2D eigenvalue weighted by Crippen LogP contribution is 2.75. The maximum atomic E-state index is 14.8. The molecular formula is C28H30O9. The lowest BCUT2D eigenvalue weighted by Crippen LogP contribution is -2.79. The summed E-state index contributed by atoms with van der Waals surface area (Å²) in [7, 11) is 0. The molecule has 9 nitrogen and oxygen atoms in total. The van der Waals surface area contributed by atoms with E-state index in [1.54, 1.807) is 13.0 Å². The van der Waals surface area contributed by atoms with Gasteiger partial charge in [-0.2, -0.15) is 0 Å². The lowest BCUT2D eigenvalue weighted by Gasteiger charge is -2.63. The zero-order valence-corrected chi connectivity index (χ0v) is 21.1. The number of hydrogen-bond donors (Lipinski definition) is 1. The number of esters is 2. The Bertz CT molecular complexity index is 1300. The standard InChI is InChI=1S/C28H30O9/c1-23-11-18-25(3)28-19(23)20(30)27(37-28,34-12-16(23)21(31)35-18)15-8-7-13-5-4-6-17(29)24(13,2)14(15)9-10-26(28,33)22(32)36-25/h4,6-7,14-16,18-19,33H,5,8-12H2,1-3H3/t14-,15+,16-,18+,19-,23+,24-,25-,26?,27?,28-/m0/s1. The van der Waals surface area contributed by atoms with Crippen LogP contribution in [0, 0.1) is 34.5 Å². The molecule has 3 aliphatic carbocycles. The number of fused-ring (bicyclic) bond motifs is 5. The van der Waals surface area contributed by atoms with Gasteiger partial charge in [0.05, 0.1) is 23.9 Å². The van der Waals surface area contributed by atoms with E-state index in [1.165, 1.54) is 0 Å².